The average Bonchev–Trinajstić information content (AvgIpc) is 3.12. The summed E-state index contributed by atoms with van der Waals surface area (Å²) >= 11 is 6.23. The van der Waals surface area contributed by atoms with E-state index in [-0.39, 0.29) is 0 Å². The second kappa shape index (κ2) is 10.3. The fourth-order valence-electron chi connectivity index (χ4n) is 4.36. The lowest BCUT2D eigenvalue weighted by atomic mass is 9.83. The number of hydrogen-bond acceptors (Lipinski definition) is 3. The molecule has 3 aromatic rings. The van der Waals surface area contributed by atoms with Crippen molar-refractivity contribution in [1.82, 2.24) is 9.78 Å². The maximum Gasteiger partial charge on any atom is 0.101 e. The molecule has 2 aromatic carbocycles. The fourth-order valence-corrected chi connectivity index (χ4v) is 4.58. The molecule has 1 aliphatic carbocycles. The third-order valence-corrected chi connectivity index (χ3v) is 6.99. The standard InChI is InChI=1S/C28H28ClN3O/c1-19-20(2)32(31-28(19)25-13-14-26(16-30)27(29)15-25)17-23-9-5-21(6-10-23)3-4-22-7-11-24(18-33)12-8-22/h5-6,9-10,13-15,22,24,33H,7-8,11-12,17-18H2,1-2H3. The average molecular weight is 458 g/mol. The summed E-state index contributed by atoms with van der Waals surface area (Å²) in [6.07, 6.45) is 4.32. The van der Waals surface area contributed by atoms with Gasteiger partial charge in [0, 0.05) is 29.3 Å². The highest BCUT2D eigenvalue weighted by Gasteiger charge is 2.19. The van der Waals surface area contributed by atoms with Gasteiger partial charge >= 0.3 is 0 Å². The van der Waals surface area contributed by atoms with Crippen molar-refractivity contribution in [2.24, 2.45) is 11.8 Å². The Hall–Kier alpha value is -3.05. The van der Waals surface area contributed by atoms with Gasteiger partial charge in [-0.05, 0) is 80.8 Å². The van der Waals surface area contributed by atoms with Crippen LogP contribution in [0.15, 0.2) is 42.5 Å². The number of nitrogens with zero attached hydrogens (tertiary/aromatic N) is 3. The Morgan fingerprint density at radius 1 is 1.09 bits per heavy atom. The predicted molar refractivity (Wildman–Crippen MR) is 132 cm³/mol. The lowest BCUT2D eigenvalue weighted by Crippen LogP contribution is -2.16. The molecule has 0 aliphatic heterocycles. The summed E-state index contributed by atoms with van der Waals surface area (Å²) in [6, 6.07) is 15.9. The van der Waals surface area contributed by atoms with Crippen molar-refractivity contribution >= 4 is 11.6 Å². The van der Waals surface area contributed by atoms with Gasteiger partial charge in [-0.15, -0.1) is 0 Å². The van der Waals surface area contributed by atoms with E-state index in [1.54, 1.807) is 6.07 Å². The first kappa shape index (κ1) is 23.1. The van der Waals surface area contributed by atoms with E-state index in [1.807, 2.05) is 16.8 Å². The Labute approximate surface area is 200 Å². The smallest absolute Gasteiger partial charge is 0.101 e. The summed E-state index contributed by atoms with van der Waals surface area (Å²) in [4.78, 5) is 0. The van der Waals surface area contributed by atoms with Crippen LogP contribution in [0.4, 0.5) is 0 Å². The minimum atomic E-state index is 0.305. The molecule has 1 fully saturated rings. The molecule has 0 radical (unpaired) electrons. The van der Waals surface area contributed by atoms with Crippen molar-refractivity contribution in [3.05, 3.63) is 75.4 Å². The molecule has 1 heterocycles. The second-order valence-electron chi connectivity index (χ2n) is 8.89. The minimum absolute atomic E-state index is 0.305. The molecule has 0 amide bonds. The molecule has 1 aliphatic rings. The van der Waals surface area contributed by atoms with Crippen molar-refractivity contribution < 1.29 is 5.11 Å². The maximum absolute atomic E-state index is 9.28. The normalized spacial score (nSPS) is 17.8. The quantitative estimate of drug-likeness (QED) is 0.497. The van der Waals surface area contributed by atoms with E-state index >= 15 is 0 Å². The monoisotopic (exact) mass is 457 g/mol. The van der Waals surface area contributed by atoms with Gasteiger partial charge < -0.3 is 5.11 Å². The van der Waals surface area contributed by atoms with Crippen molar-refractivity contribution in [3.8, 4) is 29.2 Å². The van der Waals surface area contributed by atoms with Gasteiger partial charge in [-0.3, -0.25) is 4.68 Å². The van der Waals surface area contributed by atoms with Gasteiger partial charge in [0.25, 0.3) is 0 Å². The Balaban J connectivity index is 1.46. The van der Waals surface area contributed by atoms with Crippen molar-refractivity contribution in [2.45, 2.75) is 46.1 Å². The molecular formula is C28H28ClN3O. The highest BCUT2D eigenvalue weighted by atomic mass is 35.5. The van der Waals surface area contributed by atoms with E-state index < -0.39 is 0 Å². The summed E-state index contributed by atoms with van der Waals surface area (Å²) in [7, 11) is 0. The number of hydrogen-bond donors (Lipinski definition) is 1. The molecular weight excluding hydrogens is 430 g/mol. The lowest BCUT2D eigenvalue weighted by molar-refractivity contribution is 0.179. The highest BCUT2D eigenvalue weighted by molar-refractivity contribution is 6.32. The number of halogens is 1. The van der Waals surface area contributed by atoms with E-state index in [0.717, 1.165) is 53.8 Å². The van der Waals surface area contributed by atoms with Crippen LogP contribution in [0.2, 0.25) is 5.02 Å². The van der Waals surface area contributed by atoms with Gasteiger partial charge in [-0.1, -0.05) is 41.6 Å². The molecule has 4 rings (SSSR count). The third-order valence-electron chi connectivity index (χ3n) is 6.68. The Morgan fingerprint density at radius 3 is 2.45 bits per heavy atom. The van der Waals surface area contributed by atoms with Gasteiger partial charge in [-0.25, -0.2) is 0 Å². The van der Waals surface area contributed by atoms with Crippen molar-refractivity contribution in [3.63, 3.8) is 0 Å². The zero-order chi connectivity index (χ0) is 23.4. The molecule has 0 atom stereocenters. The summed E-state index contributed by atoms with van der Waals surface area (Å²) in [5.41, 5.74) is 6.68. The summed E-state index contributed by atoms with van der Waals surface area (Å²) < 4.78 is 2.01. The molecule has 0 unspecified atom stereocenters. The molecule has 1 N–H and O–H groups in total. The van der Waals surface area contributed by atoms with Gasteiger partial charge in [0.15, 0.2) is 0 Å². The van der Waals surface area contributed by atoms with Gasteiger partial charge in [0.05, 0.1) is 22.8 Å². The Kier molecular flexibility index (Phi) is 7.19. The van der Waals surface area contributed by atoms with E-state index in [2.05, 4.69) is 56.0 Å². The number of rotatable bonds is 4. The molecule has 1 aromatic heterocycles. The van der Waals surface area contributed by atoms with Crippen molar-refractivity contribution in [2.75, 3.05) is 6.61 Å². The van der Waals surface area contributed by atoms with E-state index in [4.69, 9.17) is 22.0 Å². The van der Waals surface area contributed by atoms with Crippen LogP contribution in [0.5, 0.6) is 0 Å². The SMILES string of the molecule is Cc1c(-c2ccc(C#N)c(Cl)c2)nn(Cc2ccc(C#CC3CCC(CO)CC3)cc2)c1C. The van der Waals surface area contributed by atoms with Crippen LogP contribution in [-0.2, 0) is 6.54 Å². The molecule has 5 heteroatoms. The number of aromatic nitrogens is 2. The first-order valence-corrected chi connectivity index (χ1v) is 11.8. The predicted octanol–water partition coefficient (Wildman–Crippen LogP) is 5.89. The van der Waals surface area contributed by atoms with Crippen LogP contribution >= 0.6 is 11.6 Å². The van der Waals surface area contributed by atoms with E-state index in [1.165, 1.54) is 5.56 Å². The molecule has 0 bridgehead atoms. The molecule has 1 saturated carbocycles. The molecule has 4 nitrogen and oxygen atoms in total. The van der Waals surface area contributed by atoms with Crippen molar-refractivity contribution in [1.29, 1.82) is 5.26 Å². The second-order valence-corrected chi connectivity index (χ2v) is 9.30. The van der Waals surface area contributed by atoms with Crippen LogP contribution in [0, 0.1) is 48.9 Å². The molecule has 0 spiro atoms. The molecule has 168 valence electrons. The summed E-state index contributed by atoms with van der Waals surface area (Å²) in [5.74, 6) is 7.66. The topological polar surface area (TPSA) is 61.8 Å². The third kappa shape index (κ3) is 5.31. The van der Waals surface area contributed by atoms with E-state index in [9.17, 15) is 5.11 Å². The van der Waals surface area contributed by atoms with Crippen LogP contribution in [0.25, 0.3) is 11.3 Å². The maximum atomic E-state index is 9.28. The first-order chi connectivity index (χ1) is 16.0. The highest BCUT2D eigenvalue weighted by Crippen LogP contribution is 2.29. The zero-order valence-electron chi connectivity index (χ0n) is 19.1. The summed E-state index contributed by atoms with van der Waals surface area (Å²) in [5, 5.41) is 23.7. The van der Waals surface area contributed by atoms with Gasteiger partial charge in [0.2, 0.25) is 0 Å². The fraction of sp³-hybridized carbons (Fsp3) is 0.357. The van der Waals surface area contributed by atoms with Gasteiger partial charge in [-0.2, -0.15) is 10.4 Å². The first-order valence-electron chi connectivity index (χ1n) is 11.4. The van der Waals surface area contributed by atoms with Crippen LogP contribution in [0.3, 0.4) is 0 Å². The molecule has 33 heavy (non-hydrogen) atoms. The Bertz CT molecular complexity index is 1230. The Morgan fingerprint density at radius 2 is 1.82 bits per heavy atom. The number of nitriles is 1. The number of benzene rings is 2. The zero-order valence-corrected chi connectivity index (χ0v) is 19.9. The minimum Gasteiger partial charge on any atom is -0.396 e. The van der Waals surface area contributed by atoms with Crippen LogP contribution in [-0.4, -0.2) is 21.5 Å². The largest absolute Gasteiger partial charge is 0.396 e. The number of aliphatic hydroxyl groups excluding tert-OH is 1. The van der Waals surface area contributed by atoms with Gasteiger partial charge in [0.1, 0.15) is 6.07 Å². The molecule has 0 saturated heterocycles. The van der Waals surface area contributed by atoms with Crippen LogP contribution in [0.1, 0.15) is 53.6 Å². The summed E-state index contributed by atoms with van der Waals surface area (Å²) in [6.45, 7) is 5.12. The lowest BCUT2D eigenvalue weighted by Gasteiger charge is -2.23. The van der Waals surface area contributed by atoms with Crippen LogP contribution < -0.4 is 0 Å². The number of aliphatic hydroxyl groups is 1. The van der Waals surface area contributed by atoms with E-state index in [0.29, 0.717) is 35.6 Å².